The fraction of sp³-hybridized carbons (Fsp3) is 0.167. The van der Waals surface area contributed by atoms with E-state index < -0.39 is 0 Å². The summed E-state index contributed by atoms with van der Waals surface area (Å²) < 4.78 is 0. The highest BCUT2D eigenvalue weighted by Crippen LogP contribution is 2.17. The van der Waals surface area contributed by atoms with Crippen molar-refractivity contribution in [1.29, 1.82) is 0 Å². The van der Waals surface area contributed by atoms with Gasteiger partial charge in [-0.2, -0.15) is 0 Å². The maximum atomic E-state index is 5.83. The number of nitrogens with one attached hydrogen (secondary N) is 1. The van der Waals surface area contributed by atoms with Gasteiger partial charge in [-0.05, 0) is 30.7 Å². The van der Waals surface area contributed by atoms with Crippen molar-refractivity contribution >= 4 is 17.3 Å². The van der Waals surface area contributed by atoms with E-state index in [0.717, 1.165) is 16.9 Å². The number of nitrogens with zero attached hydrogens (tertiary/aromatic N) is 2. The van der Waals surface area contributed by atoms with E-state index in [2.05, 4.69) is 15.3 Å². The Morgan fingerprint density at radius 2 is 2.19 bits per heavy atom. The number of anilines is 1. The Balaban J connectivity index is 2.08. The van der Waals surface area contributed by atoms with Crippen molar-refractivity contribution in [3.63, 3.8) is 0 Å². The molecule has 0 unspecified atom stereocenters. The van der Waals surface area contributed by atoms with Crippen molar-refractivity contribution in [2.45, 2.75) is 13.5 Å². The van der Waals surface area contributed by atoms with Gasteiger partial charge in [0.25, 0.3) is 0 Å². The van der Waals surface area contributed by atoms with E-state index in [4.69, 9.17) is 11.6 Å². The van der Waals surface area contributed by atoms with Crippen molar-refractivity contribution in [2.24, 2.45) is 0 Å². The minimum Gasteiger partial charge on any atom is -0.379 e. The molecule has 3 nitrogen and oxygen atoms in total. The molecule has 2 heterocycles. The number of hydrogen-bond donors (Lipinski definition) is 1. The van der Waals surface area contributed by atoms with Crippen LogP contribution in [-0.4, -0.2) is 9.97 Å². The zero-order chi connectivity index (χ0) is 11.4. The minimum atomic E-state index is 0.495. The van der Waals surface area contributed by atoms with Crippen LogP contribution in [0, 0.1) is 6.92 Å². The van der Waals surface area contributed by atoms with Gasteiger partial charge in [-0.15, -0.1) is 0 Å². The number of pyridine rings is 2. The Hall–Kier alpha value is -1.61. The summed E-state index contributed by atoms with van der Waals surface area (Å²) in [5, 5.41) is 3.78. The number of hydrogen-bond acceptors (Lipinski definition) is 3. The third kappa shape index (κ3) is 2.70. The standard InChI is InChI=1S/C12H12ClN3/c1-9-7-16-12(13)6-11(9)15-8-10-4-2-3-5-14-10/h2-7H,8H2,1H3,(H,15,16). The summed E-state index contributed by atoms with van der Waals surface area (Å²) in [4.78, 5) is 8.24. The lowest BCUT2D eigenvalue weighted by molar-refractivity contribution is 1.04. The predicted molar refractivity (Wildman–Crippen MR) is 65.5 cm³/mol. The average molecular weight is 234 g/mol. The summed E-state index contributed by atoms with van der Waals surface area (Å²) in [6.45, 7) is 2.67. The molecule has 0 aliphatic heterocycles. The van der Waals surface area contributed by atoms with Crippen LogP contribution in [0.25, 0.3) is 0 Å². The first kappa shape index (κ1) is 10.9. The van der Waals surface area contributed by atoms with Gasteiger partial charge in [-0.3, -0.25) is 4.98 Å². The van der Waals surface area contributed by atoms with Gasteiger partial charge in [0.1, 0.15) is 5.15 Å². The Labute approximate surface area is 99.5 Å². The van der Waals surface area contributed by atoms with Crippen LogP contribution in [0.3, 0.4) is 0 Å². The predicted octanol–water partition coefficient (Wildman–Crippen LogP) is 3.05. The molecule has 82 valence electrons. The number of aromatic nitrogens is 2. The smallest absolute Gasteiger partial charge is 0.131 e. The molecule has 0 bridgehead atoms. The van der Waals surface area contributed by atoms with Crippen LogP contribution < -0.4 is 5.32 Å². The second kappa shape index (κ2) is 4.94. The lowest BCUT2D eigenvalue weighted by atomic mass is 10.2. The van der Waals surface area contributed by atoms with E-state index in [1.165, 1.54) is 0 Å². The van der Waals surface area contributed by atoms with Crippen LogP contribution in [0.2, 0.25) is 5.15 Å². The summed E-state index contributed by atoms with van der Waals surface area (Å²) in [5.41, 5.74) is 3.06. The molecular weight excluding hydrogens is 222 g/mol. The van der Waals surface area contributed by atoms with Crippen molar-refractivity contribution < 1.29 is 0 Å². The van der Waals surface area contributed by atoms with Crippen LogP contribution >= 0.6 is 11.6 Å². The van der Waals surface area contributed by atoms with Gasteiger partial charge < -0.3 is 5.32 Å². The van der Waals surface area contributed by atoms with Gasteiger partial charge in [0.05, 0.1) is 12.2 Å². The molecule has 2 aromatic rings. The molecule has 0 aliphatic carbocycles. The van der Waals surface area contributed by atoms with Gasteiger partial charge >= 0.3 is 0 Å². The molecule has 1 N–H and O–H groups in total. The highest BCUT2D eigenvalue weighted by Gasteiger charge is 2.00. The van der Waals surface area contributed by atoms with E-state index in [-0.39, 0.29) is 0 Å². The fourth-order valence-electron chi connectivity index (χ4n) is 1.38. The largest absolute Gasteiger partial charge is 0.379 e. The first-order valence-electron chi connectivity index (χ1n) is 5.01. The fourth-order valence-corrected chi connectivity index (χ4v) is 1.54. The van der Waals surface area contributed by atoms with Crippen LogP contribution in [0.5, 0.6) is 0 Å². The number of halogens is 1. The van der Waals surface area contributed by atoms with Crippen molar-refractivity contribution in [3.05, 3.63) is 53.1 Å². The number of aryl methyl sites for hydroxylation is 1. The highest BCUT2D eigenvalue weighted by atomic mass is 35.5. The summed E-state index contributed by atoms with van der Waals surface area (Å²) in [7, 11) is 0. The van der Waals surface area contributed by atoms with Crippen LogP contribution in [-0.2, 0) is 6.54 Å². The van der Waals surface area contributed by atoms with Gasteiger partial charge in [0.2, 0.25) is 0 Å². The summed E-state index contributed by atoms with van der Waals surface area (Å²) in [5.74, 6) is 0. The Kier molecular flexibility index (Phi) is 3.37. The SMILES string of the molecule is Cc1cnc(Cl)cc1NCc1ccccn1. The zero-order valence-electron chi connectivity index (χ0n) is 8.94. The molecule has 0 spiro atoms. The molecule has 0 aromatic carbocycles. The summed E-state index contributed by atoms with van der Waals surface area (Å²) in [6, 6.07) is 7.67. The van der Waals surface area contributed by atoms with Gasteiger partial charge in [0.15, 0.2) is 0 Å². The highest BCUT2D eigenvalue weighted by molar-refractivity contribution is 6.29. The maximum absolute atomic E-state index is 5.83. The van der Waals surface area contributed by atoms with Gasteiger partial charge in [-0.1, -0.05) is 17.7 Å². The van der Waals surface area contributed by atoms with Crippen LogP contribution in [0.4, 0.5) is 5.69 Å². The van der Waals surface area contributed by atoms with Gasteiger partial charge in [-0.25, -0.2) is 4.98 Å². The van der Waals surface area contributed by atoms with Crippen molar-refractivity contribution in [2.75, 3.05) is 5.32 Å². The molecule has 4 heteroatoms. The van der Waals surface area contributed by atoms with E-state index in [9.17, 15) is 0 Å². The van der Waals surface area contributed by atoms with Crippen LogP contribution in [0.1, 0.15) is 11.3 Å². The van der Waals surface area contributed by atoms with Crippen molar-refractivity contribution in [1.82, 2.24) is 9.97 Å². The van der Waals surface area contributed by atoms with E-state index in [1.54, 1.807) is 12.4 Å². The van der Waals surface area contributed by atoms with E-state index >= 15 is 0 Å². The number of rotatable bonds is 3. The van der Waals surface area contributed by atoms with E-state index in [0.29, 0.717) is 11.7 Å². The molecule has 0 amide bonds. The first-order chi connectivity index (χ1) is 7.75. The first-order valence-corrected chi connectivity index (χ1v) is 5.39. The monoisotopic (exact) mass is 233 g/mol. The van der Waals surface area contributed by atoms with E-state index in [1.807, 2.05) is 31.2 Å². The molecule has 0 atom stereocenters. The zero-order valence-corrected chi connectivity index (χ0v) is 9.70. The summed E-state index contributed by atoms with van der Waals surface area (Å²) in [6.07, 6.45) is 3.53. The average Bonchev–Trinajstić information content (AvgIpc) is 2.32. The molecule has 0 radical (unpaired) electrons. The Morgan fingerprint density at radius 1 is 1.31 bits per heavy atom. The Bertz CT molecular complexity index is 471. The normalized spacial score (nSPS) is 10.1. The second-order valence-corrected chi connectivity index (χ2v) is 3.88. The quantitative estimate of drug-likeness (QED) is 0.828. The molecule has 16 heavy (non-hydrogen) atoms. The maximum Gasteiger partial charge on any atom is 0.131 e. The molecular formula is C12H12ClN3. The molecule has 2 aromatic heterocycles. The lowest BCUT2D eigenvalue weighted by Gasteiger charge is -2.08. The topological polar surface area (TPSA) is 37.8 Å². The van der Waals surface area contributed by atoms with Crippen LogP contribution in [0.15, 0.2) is 36.7 Å². The van der Waals surface area contributed by atoms with Gasteiger partial charge in [0, 0.05) is 18.1 Å². The third-order valence-electron chi connectivity index (χ3n) is 2.26. The van der Waals surface area contributed by atoms with Crippen molar-refractivity contribution in [3.8, 4) is 0 Å². The molecule has 0 saturated heterocycles. The second-order valence-electron chi connectivity index (χ2n) is 3.50. The molecule has 2 rings (SSSR count). The molecule has 0 aliphatic rings. The Morgan fingerprint density at radius 3 is 2.94 bits per heavy atom. The summed E-state index contributed by atoms with van der Waals surface area (Å²) >= 11 is 5.83. The third-order valence-corrected chi connectivity index (χ3v) is 2.46. The molecule has 0 saturated carbocycles. The minimum absolute atomic E-state index is 0.495. The lowest BCUT2D eigenvalue weighted by Crippen LogP contribution is -2.02. The molecule has 0 fully saturated rings.